The highest BCUT2D eigenvalue weighted by atomic mass is 16.5. The van der Waals surface area contributed by atoms with E-state index in [1.165, 1.54) is 50.5 Å². The van der Waals surface area contributed by atoms with Gasteiger partial charge in [-0.05, 0) is 37.2 Å². The normalized spacial score (nSPS) is 23.0. The van der Waals surface area contributed by atoms with Crippen LogP contribution in [0.1, 0.15) is 44.1 Å². The SMILES string of the molecule is c1ccc(CCC(C2CCCCC2)N2CCOCC2)cc1. The van der Waals surface area contributed by atoms with Crippen LogP contribution in [-0.2, 0) is 11.2 Å². The second-order valence-electron chi connectivity index (χ2n) is 6.64. The molecule has 0 amide bonds. The minimum absolute atomic E-state index is 0.773. The third kappa shape index (κ3) is 4.31. The molecule has 116 valence electrons. The van der Waals surface area contributed by atoms with Crippen LogP contribution in [0.2, 0.25) is 0 Å². The highest BCUT2D eigenvalue weighted by Gasteiger charge is 2.29. The van der Waals surface area contributed by atoms with E-state index in [9.17, 15) is 0 Å². The maximum Gasteiger partial charge on any atom is 0.0594 e. The number of hydrogen-bond acceptors (Lipinski definition) is 2. The molecule has 1 aliphatic carbocycles. The first kappa shape index (κ1) is 15.1. The molecule has 2 fully saturated rings. The zero-order valence-electron chi connectivity index (χ0n) is 13.2. The zero-order chi connectivity index (χ0) is 14.3. The third-order valence-corrected chi connectivity index (χ3v) is 5.28. The van der Waals surface area contributed by atoms with E-state index in [2.05, 4.69) is 35.2 Å². The van der Waals surface area contributed by atoms with E-state index in [1.54, 1.807) is 0 Å². The van der Waals surface area contributed by atoms with Gasteiger partial charge in [-0.2, -0.15) is 0 Å². The smallest absolute Gasteiger partial charge is 0.0594 e. The summed E-state index contributed by atoms with van der Waals surface area (Å²) in [6, 6.07) is 11.8. The molecule has 0 N–H and O–H groups in total. The molecule has 1 aliphatic heterocycles. The Balaban J connectivity index is 1.62. The fraction of sp³-hybridized carbons (Fsp3) is 0.684. The van der Waals surface area contributed by atoms with Gasteiger partial charge in [0.1, 0.15) is 0 Å². The molecule has 2 aliphatic rings. The van der Waals surface area contributed by atoms with Gasteiger partial charge in [0.05, 0.1) is 13.2 Å². The minimum atomic E-state index is 0.773. The molecule has 21 heavy (non-hydrogen) atoms. The highest BCUT2D eigenvalue weighted by Crippen LogP contribution is 2.31. The molecule has 1 aromatic carbocycles. The molecule has 0 radical (unpaired) electrons. The second kappa shape index (κ2) is 7.95. The number of hydrogen-bond donors (Lipinski definition) is 0. The lowest BCUT2D eigenvalue weighted by atomic mass is 9.81. The molecule has 1 saturated carbocycles. The predicted molar refractivity (Wildman–Crippen MR) is 87.5 cm³/mol. The summed E-state index contributed by atoms with van der Waals surface area (Å²) in [7, 11) is 0. The van der Waals surface area contributed by atoms with Crippen molar-refractivity contribution in [2.75, 3.05) is 26.3 Å². The summed E-state index contributed by atoms with van der Waals surface area (Å²) >= 11 is 0. The summed E-state index contributed by atoms with van der Waals surface area (Å²) in [6.45, 7) is 4.12. The van der Waals surface area contributed by atoms with Crippen LogP contribution in [0.3, 0.4) is 0 Å². The van der Waals surface area contributed by atoms with Crippen LogP contribution in [0.25, 0.3) is 0 Å². The highest BCUT2D eigenvalue weighted by molar-refractivity contribution is 5.14. The summed E-state index contributed by atoms with van der Waals surface area (Å²) in [5, 5.41) is 0. The Morgan fingerprint density at radius 1 is 1.00 bits per heavy atom. The van der Waals surface area contributed by atoms with Crippen molar-refractivity contribution in [3.63, 3.8) is 0 Å². The van der Waals surface area contributed by atoms with E-state index in [-0.39, 0.29) is 0 Å². The average Bonchev–Trinajstić information content (AvgIpc) is 2.58. The molecule has 3 rings (SSSR count). The number of ether oxygens (including phenoxy) is 1. The lowest BCUT2D eigenvalue weighted by Crippen LogP contribution is -2.47. The van der Waals surface area contributed by atoms with Gasteiger partial charge in [-0.15, -0.1) is 0 Å². The number of benzene rings is 1. The van der Waals surface area contributed by atoms with Crippen molar-refractivity contribution < 1.29 is 4.74 Å². The molecule has 1 unspecified atom stereocenters. The number of rotatable bonds is 5. The van der Waals surface area contributed by atoms with Crippen molar-refractivity contribution in [3.8, 4) is 0 Å². The molecule has 0 aromatic heterocycles. The van der Waals surface area contributed by atoms with E-state index in [0.717, 1.165) is 38.3 Å². The summed E-state index contributed by atoms with van der Waals surface area (Å²) in [5.41, 5.74) is 1.49. The van der Waals surface area contributed by atoms with Gasteiger partial charge in [0.25, 0.3) is 0 Å². The summed E-state index contributed by atoms with van der Waals surface area (Å²) < 4.78 is 5.56. The zero-order valence-corrected chi connectivity index (χ0v) is 13.2. The molecule has 1 saturated heterocycles. The Morgan fingerprint density at radius 2 is 1.71 bits per heavy atom. The van der Waals surface area contributed by atoms with Gasteiger partial charge in [0.15, 0.2) is 0 Å². The van der Waals surface area contributed by atoms with Crippen molar-refractivity contribution in [2.24, 2.45) is 5.92 Å². The summed E-state index contributed by atoms with van der Waals surface area (Å²) in [5.74, 6) is 0.917. The molecule has 0 bridgehead atoms. The standard InChI is InChI=1S/C19H29NO/c1-3-7-17(8-4-1)11-12-19(18-9-5-2-6-10-18)20-13-15-21-16-14-20/h1,3-4,7-8,18-19H,2,5-6,9-16H2. The Kier molecular flexibility index (Phi) is 5.70. The maximum atomic E-state index is 5.56. The van der Waals surface area contributed by atoms with Crippen molar-refractivity contribution in [2.45, 2.75) is 51.0 Å². The van der Waals surface area contributed by atoms with Crippen molar-refractivity contribution >= 4 is 0 Å². The lowest BCUT2D eigenvalue weighted by molar-refractivity contribution is -0.00449. The van der Waals surface area contributed by atoms with Crippen LogP contribution in [0, 0.1) is 5.92 Å². The molecule has 2 heteroatoms. The Labute approximate surface area is 129 Å². The van der Waals surface area contributed by atoms with Crippen molar-refractivity contribution in [3.05, 3.63) is 35.9 Å². The van der Waals surface area contributed by atoms with Crippen LogP contribution in [0.4, 0.5) is 0 Å². The topological polar surface area (TPSA) is 12.5 Å². The fourth-order valence-electron chi connectivity index (χ4n) is 4.10. The van der Waals surface area contributed by atoms with Gasteiger partial charge in [-0.1, -0.05) is 49.6 Å². The van der Waals surface area contributed by atoms with Crippen molar-refractivity contribution in [1.82, 2.24) is 4.90 Å². The van der Waals surface area contributed by atoms with E-state index < -0.39 is 0 Å². The van der Waals surface area contributed by atoms with Crippen LogP contribution in [-0.4, -0.2) is 37.2 Å². The number of morpholine rings is 1. The van der Waals surface area contributed by atoms with Gasteiger partial charge in [0.2, 0.25) is 0 Å². The van der Waals surface area contributed by atoms with E-state index >= 15 is 0 Å². The first-order valence-corrected chi connectivity index (χ1v) is 8.79. The second-order valence-corrected chi connectivity index (χ2v) is 6.64. The largest absolute Gasteiger partial charge is 0.379 e. The maximum absolute atomic E-state index is 5.56. The van der Waals surface area contributed by atoms with Crippen LogP contribution < -0.4 is 0 Å². The first-order chi connectivity index (χ1) is 10.4. The first-order valence-electron chi connectivity index (χ1n) is 8.79. The molecule has 1 atom stereocenters. The van der Waals surface area contributed by atoms with Gasteiger partial charge >= 0.3 is 0 Å². The van der Waals surface area contributed by atoms with Gasteiger partial charge < -0.3 is 4.74 Å². The number of nitrogens with zero attached hydrogens (tertiary/aromatic N) is 1. The third-order valence-electron chi connectivity index (χ3n) is 5.28. The van der Waals surface area contributed by atoms with Gasteiger partial charge in [0, 0.05) is 19.1 Å². The Bertz CT molecular complexity index is 375. The lowest BCUT2D eigenvalue weighted by Gasteiger charge is -2.40. The van der Waals surface area contributed by atoms with Gasteiger partial charge in [-0.3, -0.25) is 4.90 Å². The molecule has 1 heterocycles. The van der Waals surface area contributed by atoms with E-state index in [0.29, 0.717) is 0 Å². The monoisotopic (exact) mass is 287 g/mol. The van der Waals surface area contributed by atoms with Crippen LogP contribution >= 0.6 is 0 Å². The molecule has 0 spiro atoms. The molecule has 1 aromatic rings. The Morgan fingerprint density at radius 3 is 2.43 bits per heavy atom. The summed E-state index contributed by atoms with van der Waals surface area (Å²) in [6.07, 6.45) is 9.75. The summed E-state index contributed by atoms with van der Waals surface area (Å²) in [4.78, 5) is 2.72. The Hall–Kier alpha value is -0.860. The van der Waals surface area contributed by atoms with Crippen LogP contribution in [0.5, 0.6) is 0 Å². The minimum Gasteiger partial charge on any atom is -0.379 e. The average molecular weight is 287 g/mol. The van der Waals surface area contributed by atoms with Crippen LogP contribution in [0.15, 0.2) is 30.3 Å². The van der Waals surface area contributed by atoms with Crippen molar-refractivity contribution in [1.29, 1.82) is 0 Å². The van der Waals surface area contributed by atoms with Gasteiger partial charge in [-0.25, -0.2) is 0 Å². The molecule has 2 nitrogen and oxygen atoms in total. The molecular weight excluding hydrogens is 258 g/mol. The number of aryl methyl sites for hydroxylation is 1. The molecular formula is C19H29NO. The predicted octanol–water partition coefficient (Wildman–Crippen LogP) is 3.90. The van der Waals surface area contributed by atoms with E-state index in [4.69, 9.17) is 4.74 Å². The fourth-order valence-corrected chi connectivity index (χ4v) is 4.10. The van der Waals surface area contributed by atoms with E-state index in [1.807, 2.05) is 0 Å². The quantitative estimate of drug-likeness (QED) is 0.814.